The molecule has 1 N–H and O–H groups in total. The van der Waals surface area contributed by atoms with Gasteiger partial charge in [-0.2, -0.15) is 0 Å². The lowest BCUT2D eigenvalue weighted by Gasteiger charge is -2.18. The molecule has 9 heteroatoms. The molecule has 1 fully saturated rings. The summed E-state index contributed by atoms with van der Waals surface area (Å²) in [5.74, 6) is 0. The minimum atomic E-state index is -0.874. The van der Waals surface area contributed by atoms with Crippen molar-refractivity contribution < 1.29 is 19.3 Å². The third kappa shape index (κ3) is 2.39. The summed E-state index contributed by atoms with van der Waals surface area (Å²) >= 11 is 5.97. The molecule has 0 aliphatic carbocycles. The zero-order valence-electron chi connectivity index (χ0n) is 11.5. The van der Waals surface area contributed by atoms with E-state index in [2.05, 4.69) is 15.0 Å². The SMILES string of the molecule is COC[C@H]1O[C@@H](n2cnc3c(Cl)ncnc32)C(O)C1OC. The van der Waals surface area contributed by atoms with Crippen LogP contribution >= 0.6 is 11.6 Å². The monoisotopic (exact) mass is 314 g/mol. The fourth-order valence-electron chi connectivity index (χ4n) is 2.55. The Labute approximate surface area is 125 Å². The zero-order valence-corrected chi connectivity index (χ0v) is 12.3. The molecular weight excluding hydrogens is 300 g/mol. The highest BCUT2D eigenvalue weighted by Crippen LogP contribution is 2.33. The minimum Gasteiger partial charge on any atom is -0.386 e. The molecule has 2 aromatic heterocycles. The van der Waals surface area contributed by atoms with Crippen molar-refractivity contribution in [1.82, 2.24) is 19.5 Å². The molecule has 1 aliphatic rings. The van der Waals surface area contributed by atoms with E-state index in [4.69, 9.17) is 25.8 Å². The number of hydrogen-bond donors (Lipinski definition) is 1. The largest absolute Gasteiger partial charge is 0.386 e. The Morgan fingerprint density at radius 1 is 1.38 bits per heavy atom. The van der Waals surface area contributed by atoms with Crippen molar-refractivity contribution in [3.63, 3.8) is 0 Å². The second kappa shape index (κ2) is 5.82. The van der Waals surface area contributed by atoms with Crippen molar-refractivity contribution in [1.29, 1.82) is 0 Å². The van der Waals surface area contributed by atoms with Gasteiger partial charge in [-0.1, -0.05) is 11.6 Å². The molecule has 3 heterocycles. The number of hydrogen-bond acceptors (Lipinski definition) is 7. The zero-order chi connectivity index (χ0) is 15.0. The van der Waals surface area contributed by atoms with Gasteiger partial charge in [-0.15, -0.1) is 0 Å². The number of aliphatic hydroxyl groups excluding tert-OH is 1. The molecule has 21 heavy (non-hydrogen) atoms. The molecule has 0 radical (unpaired) electrons. The maximum atomic E-state index is 10.4. The summed E-state index contributed by atoms with van der Waals surface area (Å²) in [6.07, 6.45) is 0.429. The summed E-state index contributed by atoms with van der Waals surface area (Å²) in [6, 6.07) is 0. The highest BCUT2D eigenvalue weighted by molar-refractivity contribution is 6.33. The summed E-state index contributed by atoms with van der Waals surface area (Å²) in [5.41, 5.74) is 0.950. The number of aliphatic hydroxyl groups is 1. The number of aromatic nitrogens is 4. The van der Waals surface area contributed by atoms with Gasteiger partial charge in [0.25, 0.3) is 0 Å². The Bertz CT molecular complexity index is 637. The first-order valence-electron chi connectivity index (χ1n) is 6.35. The molecule has 8 nitrogen and oxygen atoms in total. The highest BCUT2D eigenvalue weighted by Gasteiger charge is 2.45. The molecular formula is C12H15ClN4O4. The number of imidazole rings is 1. The molecule has 1 aliphatic heterocycles. The Morgan fingerprint density at radius 3 is 2.90 bits per heavy atom. The second-order valence-corrected chi connectivity index (χ2v) is 5.06. The second-order valence-electron chi connectivity index (χ2n) is 4.70. The van der Waals surface area contributed by atoms with Gasteiger partial charge in [-0.3, -0.25) is 4.57 Å². The third-order valence-corrected chi connectivity index (χ3v) is 3.78. The summed E-state index contributed by atoms with van der Waals surface area (Å²) < 4.78 is 17.8. The molecule has 0 bridgehead atoms. The minimum absolute atomic E-state index is 0.253. The van der Waals surface area contributed by atoms with E-state index in [1.807, 2.05) is 0 Å². The molecule has 114 valence electrons. The van der Waals surface area contributed by atoms with E-state index in [-0.39, 0.29) is 11.3 Å². The van der Waals surface area contributed by atoms with Crippen LogP contribution in [0.4, 0.5) is 0 Å². The summed E-state index contributed by atoms with van der Waals surface area (Å²) in [5, 5.41) is 10.7. The molecule has 3 rings (SSSR count). The normalized spacial score (nSPS) is 29.3. The number of nitrogens with zero attached hydrogens (tertiary/aromatic N) is 4. The molecule has 0 saturated carbocycles. The number of rotatable bonds is 4. The lowest BCUT2D eigenvalue weighted by Crippen LogP contribution is -2.35. The summed E-state index contributed by atoms with van der Waals surface area (Å²) in [4.78, 5) is 12.2. The van der Waals surface area contributed by atoms with Crippen LogP contribution in [0, 0.1) is 0 Å². The van der Waals surface area contributed by atoms with E-state index in [1.54, 1.807) is 11.7 Å². The maximum Gasteiger partial charge on any atom is 0.167 e. The highest BCUT2D eigenvalue weighted by atomic mass is 35.5. The first-order valence-corrected chi connectivity index (χ1v) is 6.73. The quantitative estimate of drug-likeness (QED) is 0.817. The van der Waals surface area contributed by atoms with Gasteiger partial charge >= 0.3 is 0 Å². The van der Waals surface area contributed by atoms with Crippen LogP contribution in [-0.2, 0) is 14.2 Å². The lowest BCUT2D eigenvalue weighted by molar-refractivity contribution is -0.0612. The standard InChI is InChI=1S/C12H15ClN4O4/c1-19-3-6-9(20-2)8(18)12(21-6)17-5-16-7-10(13)14-4-15-11(7)17/h4-6,8-9,12,18H,3H2,1-2H3/t6-,8?,9?,12-/m1/s1. The Balaban J connectivity index is 1.97. The van der Waals surface area contributed by atoms with Gasteiger partial charge in [0.1, 0.15) is 30.2 Å². The van der Waals surface area contributed by atoms with Crippen molar-refractivity contribution in [2.24, 2.45) is 0 Å². The van der Waals surface area contributed by atoms with Crippen LogP contribution < -0.4 is 0 Å². The number of halogens is 1. The van der Waals surface area contributed by atoms with Crippen molar-refractivity contribution >= 4 is 22.8 Å². The smallest absolute Gasteiger partial charge is 0.167 e. The van der Waals surface area contributed by atoms with E-state index in [9.17, 15) is 5.11 Å². The van der Waals surface area contributed by atoms with Crippen LogP contribution in [0.3, 0.4) is 0 Å². The first-order chi connectivity index (χ1) is 10.2. The Hall–Kier alpha value is -1.32. The van der Waals surface area contributed by atoms with Crippen molar-refractivity contribution in [3.05, 3.63) is 17.8 Å². The molecule has 1 saturated heterocycles. The molecule has 0 aromatic carbocycles. The van der Waals surface area contributed by atoms with Crippen LogP contribution in [0.1, 0.15) is 6.23 Å². The van der Waals surface area contributed by atoms with E-state index in [0.29, 0.717) is 17.8 Å². The predicted molar refractivity (Wildman–Crippen MR) is 72.9 cm³/mol. The summed E-state index contributed by atoms with van der Waals surface area (Å²) in [6.45, 7) is 0.314. The molecule has 2 aromatic rings. The maximum absolute atomic E-state index is 10.4. The van der Waals surface area contributed by atoms with Crippen LogP contribution in [0.5, 0.6) is 0 Å². The van der Waals surface area contributed by atoms with Gasteiger partial charge in [0.05, 0.1) is 12.9 Å². The summed E-state index contributed by atoms with van der Waals surface area (Å²) in [7, 11) is 3.09. The molecule has 0 amide bonds. The Kier molecular flexibility index (Phi) is 4.05. The third-order valence-electron chi connectivity index (χ3n) is 3.50. The predicted octanol–water partition coefficient (Wildman–Crippen LogP) is 0.399. The van der Waals surface area contributed by atoms with Crippen molar-refractivity contribution in [2.45, 2.75) is 24.5 Å². The van der Waals surface area contributed by atoms with Gasteiger partial charge < -0.3 is 19.3 Å². The van der Waals surface area contributed by atoms with Gasteiger partial charge in [-0.05, 0) is 0 Å². The van der Waals surface area contributed by atoms with Crippen LogP contribution in [0.15, 0.2) is 12.7 Å². The number of fused-ring (bicyclic) bond motifs is 1. The van der Waals surface area contributed by atoms with Gasteiger partial charge in [0.2, 0.25) is 0 Å². The average Bonchev–Trinajstić information content (AvgIpc) is 3.02. The molecule has 4 atom stereocenters. The van der Waals surface area contributed by atoms with E-state index >= 15 is 0 Å². The lowest BCUT2D eigenvalue weighted by atomic mass is 10.1. The fraction of sp³-hybridized carbons (Fsp3) is 0.583. The molecule has 0 spiro atoms. The topological polar surface area (TPSA) is 91.5 Å². The first kappa shape index (κ1) is 14.6. The van der Waals surface area contributed by atoms with Crippen molar-refractivity contribution in [3.8, 4) is 0 Å². The van der Waals surface area contributed by atoms with Crippen LogP contribution in [-0.4, -0.2) is 63.8 Å². The van der Waals surface area contributed by atoms with E-state index < -0.39 is 18.4 Å². The van der Waals surface area contributed by atoms with Crippen molar-refractivity contribution in [2.75, 3.05) is 20.8 Å². The molecule has 2 unspecified atom stereocenters. The fourth-order valence-corrected chi connectivity index (χ4v) is 2.73. The van der Waals surface area contributed by atoms with E-state index in [0.717, 1.165) is 0 Å². The van der Waals surface area contributed by atoms with Crippen LogP contribution in [0.25, 0.3) is 11.2 Å². The number of methoxy groups -OCH3 is 2. The van der Waals surface area contributed by atoms with Gasteiger partial charge in [0, 0.05) is 14.2 Å². The van der Waals surface area contributed by atoms with Gasteiger partial charge in [-0.25, -0.2) is 15.0 Å². The Morgan fingerprint density at radius 2 is 2.19 bits per heavy atom. The van der Waals surface area contributed by atoms with E-state index in [1.165, 1.54) is 19.8 Å². The average molecular weight is 315 g/mol. The number of ether oxygens (including phenoxy) is 3. The van der Waals surface area contributed by atoms with Gasteiger partial charge in [0.15, 0.2) is 17.0 Å². The van der Waals surface area contributed by atoms with Crippen LogP contribution in [0.2, 0.25) is 5.15 Å².